The summed E-state index contributed by atoms with van der Waals surface area (Å²) in [6, 6.07) is 3.11. The Labute approximate surface area is 262 Å². The van der Waals surface area contributed by atoms with E-state index in [0.717, 1.165) is 22.3 Å². The molecule has 2 fully saturated rings. The summed E-state index contributed by atoms with van der Waals surface area (Å²) in [6.45, 7) is 1.44. The number of halogens is 2. The van der Waals surface area contributed by atoms with Crippen molar-refractivity contribution in [2.45, 2.75) is 30.7 Å². The molecule has 1 aromatic heterocycles. The molecule has 0 unspecified atom stereocenters. The highest BCUT2D eigenvalue weighted by atomic mass is 35.5. The summed E-state index contributed by atoms with van der Waals surface area (Å²) in [5, 5.41) is 2.54. The summed E-state index contributed by atoms with van der Waals surface area (Å²) in [4.78, 5) is 53.5. The van der Waals surface area contributed by atoms with Crippen LogP contribution in [0.5, 0.6) is 5.75 Å². The highest BCUT2D eigenvalue weighted by Crippen LogP contribution is 2.37. The van der Waals surface area contributed by atoms with Crippen molar-refractivity contribution in [3.05, 3.63) is 39.3 Å². The average Bonchev–Trinajstić information content (AvgIpc) is 3.45. The molecule has 240 valence electrons. The minimum absolute atomic E-state index is 0.0169. The molecule has 4 rings (SSSR count). The predicted octanol–water partition coefficient (Wildman–Crippen LogP) is 1.79. The Hall–Kier alpha value is -3.31. The monoisotopic (exact) mass is 674 g/mol. The van der Waals surface area contributed by atoms with E-state index < -0.39 is 62.9 Å². The second-order valence-electron chi connectivity index (χ2n) is 9.92. The lowest BCUT2D eigenvalue weighted by Gasteiger charge is -2.34. The molecule has 3 amide bonds. The number of nitrogens with zero attached hydrogens (tertiary/aromatic N) is 2. The van der Waals surface area contributed by atoms with Crippen LogP contribution in [0, 0.1) is 11.7 Å². The van der Waals surface area contributed by atoms with E-state index in [-0.39, 0.29) is 55.8 Å². The normalized spacial score (nSPS) is 18.1. The molecule has 0 radical (unpaired) electrons. The zero-order valence-corrected chi connectivity index (χ0v) is 26.4. The highest BCUT2D eigenvalue weighted by molar-refractivity contribution is 7.89. The minimum Gasteiger partial charge on any atom is -0.493 e. The first-order valence-corrected chi connectivity index (χ1v) is 16.4. The van der Waals surface area contributed by atoms with E-state index in [2.05, 4.69) is 10.0 Å². The van der Waals surface area contributed by atoms with Crippen molar-refractivity contribution in [1.29, 1.82) is 0 Å². The molecule has 13 nitrogen and oxygen atoms in total. The molecule has 2 aliphatic rings. The van der Waals surface area contributed by atoms with E-state index in [9.17, 15) is 32.0 Å². The Balaban J connectivity index is 1.65. The summed E-state index contributed by atoms with van der Waals surface area (Å²) in [7, 11) is -3.56. The number of likely N-dealkylation sites (tertiary alicyclic amines) is 1. The van der Waals surface area contributed by atoms with E-state index in [1.54, 1.807) is 6.92 Å². The fourth-order valence-corrected chi connectivity index (χ4v) is 7.28. The SMILES string of the molecule is CCOC(=O)[C@H]1CCCN(C(=O)[C@H](CNC(=O)c2ccc(Cl)s2)NS(=O)(=O)c2cc(F)cc(N3CCOCC3=O)c2OC)C1. The maximum absolute atomic E-state index is 14.9. The summed E-state index contributed by atoms with van der Waals surface area (Å²) < 4.78 is 60.7. The van der Waals surface area contributed by atoms with Gasteiger partial charge in [0.25, 0.3) is 11.8 Å². The number of esters is 1. The van der Waals surface area contributed by atoms with Gasteiger partial charge in [-0.15, -0.1) is 11.3 Å². The van der Waals surface area contributed by atoms with Gasteiger partial charge in [-0.1, -0.05) is 11.6 Å². The predicted molar refractivity (Wildman–Crippen MR) is 158 cm³/mol. The van der Waals surface area contributed by atoms with E-state index in [1.165, 1.54) is 24.1 Å². The maximum atomic E-state index is 14.9. The second-order valence-corrected chi connectivity index (χ2v) is 13.3. The number of piperidine rings is 1. The molecular formula is C27H32ClFN4O9S2. The smallest absolute Gasteiger partial charge is 0.310 e. The number of anilines is 1. The van der Waals surface area contributed by atoms with Crippen molar-refractivity contribution >= 4 is 62.3 Å². The Morgan fingerprint density at radius 1 is 1.25 bits per heavy atom. The van der Waals surface area contributed by atoms with Gasteiger partial charge in [0.1, 0.15) is 23.4 Å². The lowest BCUT2D eigenvalue weighted by Crippen LogP contribution is -2.56. The van der Waals surface area contributed by atoms with Gasteiger partial charge in [-0.3, -0.25) is 19.2 Å². The van der Waals surface area contributed by atoms with Crippen LogP contribution >= 0.6 is 22.9 Å². The van der Waals surface area contributed by atoms with Crippen molar-refractivity contribution in [3.8, 4) is 5.75 Å². The van der Waals surface area contributed by atoms with Gasteiger partial charge in [0.05, 0.1) is 41.1 Å². The van der Waals surface area contributed by atoms with Gasteiger partial charge in [-0.25, -0.2) is 12.8 Å². The molecule has 44 heavy (non-hydrogen) atoms. The molecule has 3 heterocycles. The topological polar surface area (TPSA) is 161 Å². The van der Waals surface area contributed by atoms with Gasteiger partial charge in [-0.05, 0) is 38.0 Å². The van der Waals surface area contributed by atoms with Crippen LogP contribution in [0.3, 0.4) is 0 Å². The van der Waals surface area contributed by atoms with Crippen LogP contribution in [0.2, 0.25) is 4.34 Å². The number of amides is 3. The number of rotatable bonds is 11. The van der Waals surface area contributed by atoms with Crippen LogP contribution < -0.4 is 19.7 Å². The van der Waals surface area contributed by atoms with Crippen molar-refractivity contribution in [2.24, 2.45) is 5.92 Å². The number of benzene rings is 1. The minimum atomic E-state index is -4.73. The second kappa shape index (κ2) is 14.6. The third-order valence-corrected chi connectivity index (χ3v) is 9.69. The summed E-state index contributed by atoms with van der Waals surface area (Å²) >= 11 is 6.92. The van der Waals surface area contributed by atoms with Gasteiger partial charge < -0.3 is 29.3 Å². The van der Waals surface area contributed by atoms with Crippen LogP contribution in [0.25, 0.3) is 0 Å². The van der Waals surface area contributed by atoms with Crippen molar-refractivity contribution in [2.75, 3.05) is 58.0 Å². The van der Waals surface area contributed by atoms with Crippen LogP contribution in [-0.2, 0) is 33.9 Å². The molecule has 2 aliphatic heterocycles. The van der Waals surface area contributed by atoms with Gasteiger partial charge in [0.15, 0.2) is 5.75 Å². The third kappa shape index (κ3) is 7.85. The van der Waals surface area contributed by atoms with E-state index in [1.807, 2.05) is 0 Å². The summed E-state index contributed by atoms with van der Waals surface area (Å²) in [5.41, 5.74) is -0.125. The first-order chi connectivity index (χ1) is 20.9. The molecule has 2 saturated heterocycles. The lowest BCUT2D eigenvalue weighted by molar-refractivity contribution is -0.151. The fourth-order valence-electron chi connectivity index (χ4n) is 4.93. The molecule has 1 aromatic carbocycles. The van der Waals surface area contributed by atoms with E-state index in [0.29, 0.717) is 23.2 Å². The highest BCUT2D eigenvalue weighted by Gasteiger charge is 2.37. The Bertz CT molecular complexity index is 1520. The standard InChI is InChI=1S/C27H32ClFN4O9S2/c1-3-42-27(37)16-5-4-8-32(14-16)26(36)18(13-30-25(35)20-6-7-22(28)43-20)31-44(38,39)21-12-17(29)11-19(24(21)40-2)33-9-10-41-15-23(33)34/h6-7,11-12,16,18,31H,3-5,8-10,13-15H2,1-2H3,(H,30,35)/t16-,18-/m0/s1. The van der Waals surface area contributed by atoms with Crippen LogP contribution in [-0.4, -0.2) is 96.2 Å². The molecule has 0 bridgehead atoms. The Morgan fingerprint density at radius 2 is 2.02 bits per heavy atom. The largest absolute Gasteiger partial charge is 0.493 e. The summed E-state index contributed by atoms with van der Waals surface area (Å²) in [5.74, 6) is -4.21. The number of ether oxygens (including phenoxy) is 3. The third-order valence-electron chi connectivity index (χ3n) is 6.98. The number of carbonyl (C=O) groups is 4. The van der Waals surface area contributed by atoms with Crippen LogP contribution in [0.4, 0.5) is 10.1 Å². The number of sulfonamides is 1. The Kier molecular flexibility index (Phi) is 11.2. The Morgan fingerprint density at radius 3 is 2.68 bits per heavy atom. The number of carbonyl (C=O) groups excluding carboxylic acids is 4. The molecule has 0 aliphatic carbocycles. The van der Waals surface area contributed by atoms with Crippen molar-refractivity contribution in [1.82, 2.24) is 14.9 Å². The van der Waals surface area contributed by atoms with E-state index in [4.69, 9.17) is 25.8 Å². The van der Waals surface area contributed by atoms with Gasteiger partial charge in [0.2, 0.25) is 15.9 Å². The molecule has 2 aromatic rings. The van der Waals surface area contributed by atoms with Crippen LogP contribution in [0.1, 0.15) is 29.4 Å². The van der Waals surface area contributed by atoms with Crippen LogP contribution in [0.15, 0.2) is 29.2 Å². The maximum Gasteiger partial charge on any atom is 0.310 e. The number of hydrogen-bond donors (Lipinski definition) is 2. The number of nitrogens with one attached hydrogen (secondary N) is 2. The average molecular weight is 675 g/mol. The molecule has 2 N–H and O–H groups in total. The fraction of sp³-hybridized carbons (Fsp3) is 0.481. The van der Waals surface area contributed by atoms with Gasteiger partial charge in [0, 0.05) is 32.2 Å². The first kappa shape index (κ1) is 33.6. The van der Waals surface area contributed by atoms with E-state index >= 15 is 0 Å². The van der Waals surface area contributed by atoms with Gasteiger partial charge >= 0.3 is 5.97 Å². The molecule has 0 saturated carbocycles. The number of morpholine rings is 1. The summed E-state index contributed by atoms with van der Waals surface area (Å²) in [6.07, 6.45) is 0.946. The number of hydrogen-bond acceptors (Lipinski definition) is 10. The molecule has 2 atom stereocenters. The quantitative estimate of drug-likeness (QED) is 0.339. The number of methoxy groups -OCH3 is 1. The van der Waals surface area contributed by atoms with Crippen molar-refractivity contribution in [3.63, 3.8) is 0 Å². The zero-order valence-electron chi connectivity index (χ0n) is 24.0. The van der Waals surface area contributed by atoms with Crippen molar-refractivity contribution < 1.29 is 46.2 Å². The molecule has 0 spiro atoms. The first-order valence-electron chi connectivity index (χ1n) is 13.7. The zero-order chi connectivity index (χ0) is 32.0. The lowest BCUT2D eigenvalue weighted by atomic mass is 9.97. The molecule has 17 heteroatoms. The number of thiophene rings is 1. The van der Waals surface area contributed by atoms with Gasteiger partial charge in [-0.2, -0.15) is 4.72 Å². The molecular weight excluding hydrogens is 643 g/mol.